The fraction of sp³-hybridized carbons (Fsp3) is 0.0769. The van der Waals surface area contributed by atoms with Crippen LogP contribution in [0.25, 0.3) is 0 Å². The number of carboxylic acid groups (broad SMARTS) is 1. The van der Waals surface area contributed by atoms with Gasteiger partial charge in [-0.3, -0.25) is 0 Å². The molecule has 0 saturated heterocycles. The third-order valence-electron chi connectivity index (χ3n) is 2.43. The lowest BCUT2D eigenvalue weighted by Crippen LogP contribution is -2.00. The molecule has 0 bridgehead atoms. The molecule has 5 nitrogen and oxygen atoms in total. The van der Waals surface area contributed by atoms with Gasteiger partial charge in [0, 0.05) is 18.0 Å². The summed E-state index contributed by atoms with van der Waals surface area (Å²) in [6.07, 6.45) is 1.37. The number of aromatic nitrogens is 1. The summed E-state index contributed by atoms with van der Waals surface area (Å²) in [5, 5.41) is 11.7. The quantitative estimate of drug-likeness (QED) is 0.886. The molecular weight excluding hydrogens is 251 g/mol. The molecule has 0 atom stereocenters. The molecule has 0 aliphatic heterocycles. The van der Waals surface area contributed by atoms with Crippen LogP contribution in [0.15, 0.2) is 36.5 Å². The number of rotatable bonds is 4. The molecule has 19 heavy (non-hydrogen) atoms. The highest BCUT2D eigenvalue weighted by molar-refractivity contribution is 5.88. The largest absolute Gasteiger partial charge is 0.494 e. The molecule has 0 amide bonds. The first-order valence-corrected chi connectivity index (χ1v) is 5.40. The smallest absolute Gasteiger partial charge is 0.335 e. The van der Waals surface area contributed by atoms with Gasteiger partial charge in [0.25, 0.3) is 0 Å². The second-order valence-electron chi connectivity index (χ2n) is 3.71. The van der Waals surface area contributed by atoms with Crippen LogP contribution in [0, 0.1) is 5.82 Å². The summed E-state index contributed by atoms with van der Waals surface area (Å²) in [4.78, 5) is 14.8. The number of halogens is 1. The molecule has 1 aromatic heterocycles. The van der Waals surface area contributed by atoms with Gasteiger partial charge >= 0.3 is 5.97 Å². The van der Waals surface area contributed by atoms with E-state index in [1.165, 1.54) is 37.6 Å². The summed E-state index contributed by atoms with van der Waals surface area (Å²) < 4.78 is 18.3. The van der Waals surface area contributed by atoms with Crippen LogP contribution in [0.3, 0.4) is 0 Å². The van der Waals surface area contributed by atoms with Crippen molar-refractivity contribution in [3.8, 4) is 5.75 Å². The predicted octanol–water partition coefficient (Wildman–Crippen LogP) is 2.67. The standard InChI is InChI=1S/C13H11FN2O3/c1-19-11-3-2-9(7-10(11)14)16-12-6-8(13(17)18)4-5-15-12/h2-7H,1H3,(H,15,16)(H,17,18). The topological polar surface area (TPSA) is 71.5 Å². The molecule has 2 aromatic rings. The van der Waals surface area contributed by atoms with Gasteiger partial charge < -0.3 is 15.2 Å². The van der Waals surface area contributed by atoms with Crippen molar-refractivity contribution in [2.24, 2.45) is 0 Å². The van der Waals surface area contributed by atoms with Gasteiger partial charge in [0.05, 0.1) is 12.7 Å². The zero-order valence-corrected chi connectivity index (χ0v) is 10.1. The Bertz CT molecular complexity index is 617. The number of carboxylic acids is 1. The van der Waals surface area contributed by atoms with Crippen LogP contribution >= 0.6 is 0 Å². The number of carbonyl (C=O) groups is 1. The lowest BCUT2D eigenvalue weighted by molar-refractivity contribution is 0.0697. The molecule has 98 valence electrons. The molecule has 0 fully saturated rings. The van der Waals surface area contributed by atoms with Crippen LogP contribution in [0.5, 0.6) is 5.75 Å². The minimum atomic E-state index is -1.05. The van der Waals surface area contributed by atoms with Gasteiger partial charge in [-0.15, -0.1) is 0 Å². The van der Waals surface area contributed by atoms with Crippen LogP contribution in [-0.4, -0.2) is 23.2 Å². The number of nitrogens with zero attached hydrogens (tertiary/aromatic N) is 1. The number of ether oxygens (including phenoxy) is 1. The monoisotopic (exact) mass is 262 g/mol. The van der Waals surface area contributed by atoms with Crippen molar-refractivity contribution in [3.63, 3.8) is 0 Å². The molecule has 0 spiro atoms. The minimum absolute atomic E-state index is 0.103. The Morgan fingerprint density at radius 2 is 2.16 bits per heavy atom. The number of benzene rings is 1. The van der Waals surface area contributed by atoms with Gasteiger partial charge in [-0.1, -0.05) is 0 Å². The maximum Gasteiger partial charge on any atom is 0.335 e. The van der Waals surface area contributed by atoms with E-state index in [1.807, 2.05) is 0 Å². The van der Waals surface area contributed by atoms with Gasteiger partial charge in [-0.05, 0) is 24.3 Å². The molecule has 0 aliphatic carbocycles. The van der Waals surface area contributed by atoms with Crippen molar-refractivity contribution in [2.75, 3.05) is 12.4 Å². The highest BCUT2D eigenvalue weighted by Gasteiger charge is 2.06. The Kier molecular flexibility index (Phi) is 3.61. The molecular formula is C13H11FN2O3. The molecule has 1 aromatic carbocycles. The molecule has 0 aliphatic rings. The first-order chi connectivity index (χ1) is 9.10. The van der Waals surface area contributed by atoms with Crippen LogP contribution in [0.2, 0.25) is 0 Å². The molecule has 0 saturated carbocycles. The summed E-state index contributed by atoms with van der Waals surface area (Å²) in [5.41, 5.74) is 0.555. The highest BCUT2D eigenvalue weighted by atomic mass is 19.1. The molecule has 2 N–H and O–H groups in total. The SMILES string of the molecule is COc1ccc(Nc2cc(C(=O)O)ccn2)cc1F. The number of pyridine rings is 1. The van der Waals surface area contributed by atoms with Gasteiger partial charge in [0.1, 0.15) is 5.82 Å². The maximum atomic E-state index is 13.5. The van der Waals surface area contributed by atoms with Gasteiger partial charge in [-0.2, -0.15) is 0 Å². The van der Waals surface area contributed by atoms with E-state index in [-0.39, 0.29) is 11.3 Å². The van der Waals surface area contributed by atoms with E-state index in [9.17, 15) is 9.18 Å². The fourth-order valence-electron chi connectivity index (χ4n) is 1.52. The van der Waals surface area contributed by atoms with E-state index in [0.29, 0.717) is 11.5 Å². The van der Waals surface area contributed by atoms with Crippen molar-refractivity contribution >= 4 is 17.5 Å². The van der Waals surface area contributed by atoms with E-state index >= 15 is 0 Å². The summed E-state index contributed by atoms with van der Waals surface area (Å²) in [5.74, 6) is -1.10. The summed E-state index contributed by atoms with van der Waals surface area (Å²) in [7, 11) is 1.38. The second-order valence-corrected chi connectivity index (χ2v) is 3.71. The van der Waals surface area contributed by atoms with Crippen molar-refractivity contribution in [1.82, 2.24) is 4.98 Å². The first-order valence-electron chi connectivity index (χ1n) is 5.40. The average Bonchev–Trinajstić information content (AvgIpc) is 2.39. The molecule has 6 heteroatoms. The van der Waals surface area contributed by atoms with Crippen LogP contribution in [-0.2, 0) is 0 Å². The predicted molar refractivity (Wildman–Crippen MR) is 67.4 cm³/mol. The number of aromatic carboxylic acids is 1. The van der Waals surface area contributed by atoms with E-state index in [1.54, 1.807) is 6.07 Å². The van der Waals surface area contributed by atoms with E-state index in [4.69, 9.17) is 9.84 Å². The lowest BCUT2D eigenvalue weighted by Gasteiger charge is -2.08. The molecule has 0 unspecified atom stereocenters. The Balaban J connectivity index is 2.23. The lowest BCUT2D eigenvalue weighted by atomic mass is 10.2. The van der Waals surface area contributed by atoms with Crippen LogP contribution in [0.4, 0.5) is 15.9 Å². The summed E-state index contributed by atoms with van der Waals surface area (Å²) in [6, 6.07) is 7.07. The van der Waals surface area contributed by atoms with E-state index in [0.717, 1.165) is 0 Å². The zero-order valence-electron chi connectivity index (χ0n) is 10.1. The van der Waals surface area contributed by atoms with Crippen molar-refractivity contribution in [1.29, 1.82) is 0 Å². The fourth-order valence-corrected chi connectivity index (χ4v) is 1.52. The molecule has 2 rings (SSSR count). The third-order valence-corrected chi connectivity index (χ3v) is 2.43. The average molecular weight is 262 g/mol. The number of methoxy groups -OCH3 is 1. The summed E-state index contributed by atoms with van der Waals surface area (Å²) in [6.45, 7) is 0. The van der Waals surface area contributed by atoms with E-state index in [2.05, 4.69) is 10.3 Å². The third kappa shape index (κ3) is 2.98. The zero-order chi connectivity index (χ0) is 13.8. The van der Waals surface area contributed by atoms with E-state index < -0.39 is 11.8 Å². The number of nitrogens with one attached hydrogen (secondary N) is 1. The summed E-state index contributed by atoms with van der Waals surface area (Å²) >= 11 is 0. The molecule has 0 radical (unpaired) electrons. The van der Waals surface area contributed by atoms with Crippen molar-refractivity contribution < 1.29 is 19.0 Å². The Morgan fingerprint density at radius 1 is 1.37 bits per heavy atom. The number of anilines is 2. The van der Waals surface area contributed by atoms with Crippen LogP contribution < -0.4 is 10.1 Å². The highest BCUT2D eigenvalue weighted by Crippen LogP contribution is 2.23. The Hall–Kier alpha value is -2.63. The van der Waals surface area contributed by atoms with Gasteiger partial charge in [-0.25, -0.2) is 14.2 Å². The first kappa shape index (κ1) is 12.8. The van der Waals surface area contributed by atoms with Crippen molar-refractivity contribution in [2.45, 2.75) is 0 Å². The Morgan fingerprint density at radius 3 is 2.79 bits per heavy atom. The Labute approximate surface area is 108 Å². The number of hydrogen-bond acceptors (Lipinski definition) is 4. The maximum absolute atomic E-state index is 13.5. The van der Waals surface area contributed by atoms with Crippen LogP contribution in [0.1, 0.15) is 10.4 Å². The van der Waals surface area contributed by atoms with Crippen molar-refractivity contribution in [3.05, 3.63) is 47.9 Å². The second kappa shape index (κ2) is 5.34. The minimum Gasteiger partial charge on any atom is -0.494 e. The van der Waals surface area contributed by atoms with Gasteiger partial charge in [0.2, 0.25) is 0 Å². The number of hydrogen-bond donors (Lipinski definition) is 2. The van der Waals surface area contributed by atoms with Gasteiger partial charge in [0.15, 0.2) is 11.6 Å². The molecule has 1 heterocycles. The normalized spacial score (nSPS) is 10.0.